The van der Waals surface area contributed by atoms with Gasteiger partial charge in [0.2, 0.25) is 0 Å². The lowest BCUT2D eigenvalue weighted by Crippen LogP contribution is -2.46. The minimum Gasteiger partial charge on any atom is -0.399 e. The van der Waals surface area contributed by atoms with Crippen LogP contribution in [0.4, 0.5) is 17.2 Å². The van der Waals surface area contributed by atoms with Crippen molar-refractivity contribution >= 4 is 34.1 Å². The molecule has 194 valence electrons. The fraction of sp³-hybridized carbons (Fsp3) is 0.161. The Labute approximate surface area is 227 Å². The van der Waals surface area contributed by atoms with Gasteiger partial charge in [-0.2, -0.15) is 0 Å². The molecule has 1 amide bonds. The summed E-state index contributed by atoms with van der Waals surface area (Å²) in [5, 5.41) is 2.93. The van der Waals surface area contributed by atoms with E-state index in [0.29, 0.717) is 11.3 Å². The number of carbonyl (C=O) groups excluding carboxylic acids is 1. The zero-order chi connectivity index (χ0) is 26.6. The van der Waals surface area contributed by atoms with E-state index >= 15 is 0 Å². The summed E-state index contributed by atoms with van der Waals surface area (Å²) in [6.45, 7) is 4.66. The first kappa shape index (κ1) is 24.5. The average molecular weight is 516 g/mol. The Hall–Kier alpha value is -4.82. The molecule has 1 aliphatic heterocycles. The van der Waals surface area contributed by atoms with Crippen molar-refractivity contribution in [2.75, 3.05) is 42.1 Å². The second-order valence-electron chi connectivity index (χ2n) is 9.71. The molecule has 0 aliphatic carbocycles. The van der Waals surface area contributed by atoms with E-state index in [-0.39, 0.29) is 5.91 Å². The number of carbonyl (C=O) groups is 1. The van der Waals surface area contributed by atoms with E-state index in [1.807, 2.05) is 55.0 Å². The first-order valence-corrected chi connectivity index (χ1v) is 13.0. The zero-order valence-electron chi connectivity index (χ0n) is 21.5. The molecule has 8 nitrogen and oxygen atoms in total. The standard InChI is InChI=1S/C31H29N7O/c32-26-8-3-24(4-9-26)31(39)35-27-10-5-23(6-11-27)25-7-12-28-29(18-25)36-30(20-34-28)38-16-14-37(15-17-38)21-22-2-1-13-33-19-22/h1-13,18-20H,14-17,21,32H2,(H,35,39). The molecule has 0 radical (unpaired) electrons. The second-order valence-corrected chi connectivity index (χ2v) is 9.71. The van der Waals surface area contributed by atoms with Crippen LogP contribution in [0.1, 0.15) is 15.9 Å². The first-order chi connectivity index (χ1) is 19.1. The summed E-state index contributed by atoms with van der Waals surface area (Å²) in [4.78, 5) is 31.1. The van der Waals surface area contributed by atoms with Gasteiger partial charge in [0.05, 0.1) is 17.2 Å². The number of hydrogen-bond acceptors (Lipinski definition) is 7. The number of nitrogens with zero attached hydrogens (tertiary/aromatic N) is 5. The Balaban J connectivity index is 1.13. The van der Waals surface area contributed by atoms with Crippen molar-refractivity contribution in [2.24, 2.45) is 0 Å². The number of amides is 1. The molecule has 3 N–H and O–H groups in total. The number of hydrogen-bond donors (Lipinski definition) is 2. The van der Waals surface area contributed by atoms with Crippen LogP contribution in [0.2, 0.25) is 0 Å². The highest BCUT2D eigenvalue weighted by Gasteiger charge is 2.19. The van der Waals surface area contributed by atoms with E-state index in [9.17, 15) is 4.79 Å². The van der Waals surface area contributed by atoms with Gasteiger partial charge in [-0.25, -0.2) is 4.98 Å². The van der Waals surface area contributed by atoms with Crippen molar-refractivity contribution in [2.45, 2.75) is 6.54 Å². The molecule has 1 aliphatic rings. The molecule has 1 fully saturated rings. The molecule has 5 aromatic rings. The number of pyridine rings is 1. The van der Waals surface area contributed by atoms with E-state index in [2.05, 4.69) is 43.3 Å². The van der Waals surface area contributed by atoms with Crippen LogP contribution in [0, 0.1) is 0 Å². The highest BCUT2D eigenvalue weighted by Crippen LogP contribution is 2.26. The third-order valence-electron chi connectivity index (χ3n) is 7.00. The van der Waals surface area contributed by atoms with Crippen molar-refractivity contribution < 1.29 is 4.79 Å². The average Bonchev–Trinajstić information content (AvgIpc) is 2.98. The lowest BCUT2D eigenvalue weighted by Gasteiger charge is -2.35. The molecule has 0 spiro atoms. The summed E-state index contributed by atoms with van der Waals surface area (Å²) in [5.74, 6) is 0.732. The molecule has 0 unspecified atom stereocenters. The van der Waals surface area contributed by atoms with Crippen LogP contribution in [0.3, 0.4) is 0 Å². The number of nitrogens with one attached hydrogen (secondary N) is 1. The number of nitrogens with two attached hydrogens (primary N) is 1. The molecule has 0 bridgehead atoms. The maximum atomic E-state index is 12.5. The third kappa shape index (κ3) is 5.71. The fourth-order valence-electron chi connectivity index (χ4n) is 4.80. The molecular formula is C31H29N7O. The fourth-order valence-corrected chi connectivity index (χ4v) is 4.80. The normalized spacial score (nSPS) is 13.9. The molecule has 3 aromatic carbocycles. The van der Waals surface area contributed by atoms with E-state index in [4.69, 9.17) is 10.7 Å². The number of anilines is 3. The highest BCUT2D eigenvalue weighted by molar-refractivity contribution is 6.04. The number of nitrogen functional groups attached to an aromatic ring is 1. The molecule has 6 rings (SSSR count). The van der Waals surface area contributed by atoms with Gasteiger partial charge in [0.25, 0.3) is 5.91 Å². The molecule has 0 saturated carbocycles. The van der Waals surface area contributed by atoms with Crippen molar-refractivity contribution in [1.82, 2.24) is 19.9 Å². The molecule has 0 atom stereocenters. The van der Waals surface area contributed by atoms with Crippen LogP contribution in [0.15, 0.2) is 97.5 Å². The van der Waals surface area contributed by atoms with Crippen LogP contribution >= 0.6 is 0 Å². The molecule has 39 heavy (non-hydrogen) atoms. The van der Waals surface area contributed by atoms with Gasteiger partial charge in [-0.05, 0) is 71.3 Å². The number of piperazine rings is 1. The van der Waals surface area contributed by atoms with Gasteiger partial charge in [-0.15, -0.1) is 0 Å². The Morgan fingerprint density at radius 2 is 1.62 bits per heavy atom. The van der Waals surface area contributed by atoms with E-state index in [1.165, 1.54) is 5.56 Å². The van der Waals surface area contributed by atoms with E-state index < -0.39 is 0 Å². The monoisotopic (exact) mass is 515 g/mol. The van der Waals surface area contributed by atoms with Crippen molar-refractivity contribution in [3.63, 3.8) is 0 Å². The predicted molar refractivity (Wildman–Crippen MR) is 156 cm³/mol. The van der Waals surface area contributed by atoms with E-state index in [0.717, 1.165) is 66.4 Å². The first-order valence-electron chi connectivity index (χ1n) is 13.0. The van der Waals surface area contributed by atoms with Gasteiger partial charge < -0.3 is 16.0 Å². The van der Waals surface area contributed by atoms with Crippen LogP contribution < -0.4 is 16.0 Å². The minimum absolute atomic E-state index is 0.172. The third-order valence-corrected chi connectivity index (χ3v) is 7.00. The topological polar surface area (TPSA) is 100 Å². The van der Waals surface area contributed by atoms with Gasteiger partial charge in [0.1, 0.15) is 5.82 Å². The van der Waals surface area contributed by atoms with Gasteiger partial charge in [-0.1, -0.05) is 24.3 Å². The summed E-state index contributed by atoms with van der Waals surface area (Å²) >= 11 is 0. The molecule has 8 heteroatoms. The van der Waals surface area contributed by atoms with Crippen molar-refractivity contribution in [1.29, 1.82) is 0 Å². The SMILES string of the molecule is Nc1ccc(C(=O)Nc2ccc(-c3ccc4ncc(N5CCN(Cc6cccnc6)CC5)nc4c3)cc2)cc1. The molecular weight excluding hydrogens is 486 g/mol. The summed E-state index contributed by atoms with van der Waals surface area (Å²) in [5.41, 5.74) is 12.7. The Morgan fingerprint density at radius 3 is 2.36 bits per heavy atom. The number of aromatic nitrogens is 3. The smallest absolute Gasteiger partial charge is 0.255 e. The van der Waals surface area contributed by atoms with Crippen LogP contribution in [-0.2, 0) is 6.54 Å². The van der Waals surface area contributed by atoms with Crippen molar-refractivity contribution in [3.8, 4) is 11.1 Å². The summed E-state index contributed by atoms with van der Waals surface area (Å²) < 4.78 is 0. The zero-order valence-corrected chi connectivity index (χ0v) is 21.5. The predicted octanol–water partition coefficient (Wildman–Crippen LogP) is 4.85. The molecule has 2 aromatic heterocycles. The Morgan fingerprint density at radius 1 is 0.846 bits per heavy atom. The highest BCUT2D eigenvalue weighted by atomic mass is 16.1. The van der Waals surface area contributed by atoms with Crippen LogP contribution in [-0.4, -0.2) is 51.9 Å². The Bertz CT molecular complexity index is 1580. The van der Waals surface area contributed by atoms with Crippen molar-refractivity contribution in [3.05, 3.63) is 109 Å². The van der Waals surface area contributed by atoms with Gasteiger partial charge in [0, 0.05) is 62.1 Å². The molecule has 3 heterocycles. The van der Waals surface area contributed by atoms with E-state index in [1.54, 1.807) is 24.3 Å². The summed E-state index contributed by atoms with van der Waals surface area (Å²) in [6.07, 6.45) is 5.62. The lowest BCUT2D eigenvalue weighted by atomic mass is 10.0. The maximum Gasteiger partial charge on any atom is 0.255 e. The van der Waals surface area contributed by atoms with Crippen LogP contribution in [0.25, 0.3) is 22.2 Å². The second kappa shape index (κ2) is 10.9. The minimum atomic E-state index is -0.172. The Kier molecular flexibility index (Phi) is 6.84. The lowest BCUT2D eigenvalue weighted by molar-refractivity contribution is 0.102. The number of benzene rings is 3. The van der Waals surface area contributed by atoms with Gasteiger partial charge in [0.15, 0.2) is 0 Å². The number of fused-ring (bicyclic) bond motifs is 1. The maximum absolute atomic E-state index is 12.5. The number of rotatable bonds is 6. The summed E-state index contributed by atoms with van der Waals surface area (Å²) in [6, 6.07) is 24.9. The summed E-state index contributed by atoms with van der Waals surface area (Å²) in [7, 11) is 0. The van der Waals surface area contributed by atoms with Gasteiger partial charge in [-0.3, -0.25) is 19.7 Å². The largest absolute Gasteiger partial charge is 0.399 e. The van der Waals surface area contributed by atoms with Crippen LogP contribution in [0.5, 0.6) is 0 Å². The van der Waals surface area contributed by atoms with Gasteiger partial charge >= 0.3 is 0 Å². The quantitative estimate of drug-likeness (QED) is 0.312. The molecule has 1 saturated heterocycles.